The third kappa shape index (κ3) is 4.20. The first-order valence-corrected chi connectivity index (χ1v) is 8.46. The fourth-order valence-electron chi connectivity index (χ4n) is 3.26. The highest BCUT2D eigenvalue weighted by molar-refractivity contribution is 5.31. The van der Waals surface area contributed by atoms with Crippen LogP contribution in [-0.2, 0) is 6.54 Å². The number of piperazine rings is 1. The Morgan fingerprint density at radius 2 is 2.17 bits per heavy atom. The molecular weight excluding hydrogens is 307 g/mol. The molecule has 24 heavy (non-hydrogen) atoms. The Morgan fingerprint density at radius 3 is 2.88 bits per heavy atom. The highest BCUT2D eigenvalue weighted by Crippen LogP contribution is 2.14. The Kier molecular flexibility index (Phi) is 5.28. The molecule has 5 nitrogen and oxygen atoms in total. The molecule has 3 rings (SSSR count). The first-order valence-electron chi connectivity index (χ1n) is 8.46. The number of aromatic nitrogens is 2. The highest BCUT2D eigenvalue weighted by atomic mass is 19.1. The van der Waals surface area contributed by atoms with Gasteiger partial charge in [-0.25, -0.2) is 9.07 Å². The maximum absolute atomic E-state index is 13.3. The molecule has 0 aliphatic carbocycles. The van der Waals surface area contributed by atoms with Crippen LogP contribution in [0.25, 0.3) is 5.69 Å². The Morgan fingerprint density at radius 1 is 1.33 bits per heavy atom. The maximum atomic E-state index is 13.3. The number of benzene rings is 1. The monoisotopic (exact) mass is 332 g/mol. The van der Waals surface area contributed by atoms with Gasteiger partial charge in [-0.15, -0.1) is 0 Å². The lowest BCUT2D eigenvalue weighted by Crippen LogP contribution is -2.53. The first kappa shape index (κ1) is 17.1. The van der Waals surface area contributed by atoms with E-state index in [1.54, 1.807) is 10.7 Å². The van der Waals surface area contributed by atoms with Gasteiger partial charge in [-0.2, -0.15) is 5.10 Å². The lowest BCUT2D eigenvalue weighted by molar-refractivity contribution is 0.0418. The molecule has 1 aromatic carbocycles. The molecule has 0 amide bonds. The molecule has 0 saturated carbocycles. The van der Waals surface area contributed by atoms with E-state index >= 15 is 0 Å². The van der Waals surface area contributed by atoms with Crippen LogP contribution >= 0.6 is 0 Å². The average molecular weight is 332 g/mol. The third-order valence-electron chi connectivity index (χ3n) is 4.45. The molecule has 0 radical (unpaired) electrons. The number of β-amino-alcohol motifs (C(OH)–C–C–N with tert-alkyl or cyclic N) is 1. The van der Waals surface area contributed by atoms with E-state index in [0.717, 1.165) is 44.1 Å². The largest absolute Gasteiger partial charge is 0.392 e. The van der Waals surface area contributed by atoms with E-state index in [4.69, 9.17) is 0 Å². The second-order valence-corrected chi connectivity index (χ2v) is 6.66. The zero-order valence-electron chi connectivity index (χ0n) is 14.3. The summed E-state index contributed by atoms with van der Waals surface area (Å²) in [4.78, 5) is 4.70. The highest BCUT2D eigenvalue weighted by Gasteiger charge is 2.24. The smallest absolute Gasteiger partial charge is 0.125 e. The van der Waals surface area contributed by atoms with Crippen LogP contribution in [0.3, 0.4) is 0 Å². The van der Waals surface area contributed by atoms with Gasteiger partial charge in [0.15, 0.2) is 0 Å². The van der Waals surface area contributed by atoms with Crippen molar-refractivity contribution in [3.05, 3.63) is 48.0 Å². The Balaban J connectivity index is 1.60. The van der Waals surface area contributed by atoms with Crippen LogP contribution in [0.4, 0.5) is 4.39 Å². The second kappa shape index (κ2) is 7.42. The van der Waals surface area contributed by atoms with Crippen LogP contribution < -0.4 is 0 Å². The summed E-state index contributed by atoms with van der Waals surface area (Å²) < 4.78 is 15.0. The lowest BCUT2D eigenvalue weighted by Gasteiger charge is -2.40. The van der Waals surface area contributed by atoms with Crippen molar-refractivity contribution in [2.75, 3.05) is 26.2 Å². The number of nitrogens with zero attached hydrogens (tertiary/aromatic N) is 4. The van der Waals surface area contributed by atoms with Gasteiger partial charge in [-0.05, 0) is 38.1 Å². The van der Waals surface area contributed by atoms with Gasteiger partial charge in [0.2, 0.25) is 0 Å². The first-order chi connectivity index (χ1) is 11.5. The number of halogens is 1. The number of hydrogen-bond donors (Lipinski definition) is 1. The van der Waals surface area contributed by atoms with E-state index in [9.17, 15) is 9.50 Å². The van der Waals surface area contributed by atoms with Gasteiger partial charge in [0.25, 0.3) is 0 Å². The normalized spacial score (nSPS) is 21.1. The molecule has 0 spiro atoms. The van der Waals surface area contributed by atoms with Crippen LogP contribution in [-0.4, -0.2) is 63.0 Å². The Bertz CT molecular complexity index is 673. The summed E-state index contributed by atoms with van der Waals surface area (Å²) in [5.74, 6) is -0.257. The quantitative estimate of drug-likeness (QED) is 0.908. The van der Waals surface area contributed by atoms with Gasteiger partial charge in [0.1, 0.15) is 5.82 Å². The zero-order chi connectivity index (χ0) is 17.1. The predicted octanol–water partition coefficient (Wildman–Crippen LogP) is 1.90. The molecule has 1 N–H and O–H groups in total. The van der Waals surface area contributed by atoms with Gasteiger partial charge < -0.3 is 5.11 Å². The molecule has 1 saturated heterocycles. The van der Waals surface area contributed by atoms with Crippen molar-refractivity contribution in [1.29, 1.82) is 0 Å². The van der Waals surface area contributed by atoms with Crippen molar-refractivity contribution in [3.8, 4) is 5.69 Å². The molecule has 6 heteroatoms. The van der Waals surface area contributed by atoms with E-state index in [1.165, 1.54) is 12.1 Å². The lowest BCUT2D eigenvalue weighted by atomic mass is 10.1. The number of aliphatic hydroxyl groups is 1. The molecule has 0 unspecified atom stereocenters. The van der Waals surface area contributed by atoms with E-state index in [2.05, 4.69) is 21.8 Å². The molecule has 1 aliphatic rings. The van der Waals surface area contributed by atoms with E-state index in [1.807, 2.05) is 25.3 Å². The summed E-state index contributed by atoms with van der Waals surface area (Å²) in [6, 6.07) is 8.85. The van der Waals surface area contributed by atoms with Crippen molar-refractivity contribution in [3.63, 3.8) is 0 Å². The Labute approximate surface area is 142 Å². The minimum atomic E-state index is -0.291. The van der Waals surface area contributed by atoms with Gasteiger partial charge in [0.05, 0.1) is 17.5 Å². The molecule has 1 aromatic heterocycles. The molecule has 2 heterocycles. The van der Waals surface area contributed by atoms with Gasteiger partial charge >= 0.3 is 0 Å². The summed E-state index contributed by atoms with van der Waals surface area (Å²) in [7, 11) is 0. The predicted molar refractivity (Wildman–Crippen MR) is 91.5 cm³/mol. The summed E-state index contributed by atoms with van der Waals surface area (Å²) in [5.41, 5.74) is 1.71. The van der Waals surface area contributed by atoms with Crippen molar-refractivity contribution in [2.45, 2.75) is 32.5 Å². The molecule has 0 bridgehead atoms. The minimum Gasteiger partial charge on any atom is -0.392 e. The van der Waals surface area contributed by atoms with Crippen molar-refractivity contribution in [2.24, 2.45) is 0 Å². The topological polar surface area (TPSA) is 44.5 Å². The van der Waals surface area contributed by atoms with Crippen LogP contribution in [0.2, 0.25) is 0 Å². The fourth-order valence-corrected chi connectivity index (χ4v) is 3.26. The summed E-state index contributed by atoms with van der Waals surface area (Å²) in [6.07, 6.45) is 1.58. The maximum Gasteiger partial charge on any atom is 0.125 e. The number of hydrogen-bond acceptors (Lipinski definition) is 4. The number of aliphatic hydroxyl groups excluding tert-OH is 1. The molecule has 2 aromatic rings. The molecule has 2 atom stereocenters. The van der Waals surface area contributed by atoms with Gasteiger partial charge in [0, 0.05) is 45.0 Å². The second-order valence-electron chi connectivity index (χ2n) is 6.66. The molecule has 130 valence electrons. The number of rotatable bonds is 5. The minimum absolute atomic E-state index is 0.257. The van der Waals surface area contributed by atoms with Crippen LogP contribution in [0.15, 0.2) is 36.5 Å². The van der Waals surface area contributed by atoms with Gasteiger partial charge in [-0.1, -0.05) is 6.07 Å². The van der Waals surface area contributed by atoms with Crippen molar-refractivity contribution in [1.82, 2.24) is 19.6 Å². The van der Waals surface area contributed by atoms with Crippen LogP contribution in [0.5, 0.6) is 0 Å². The average Bonchev–Trinajstić information content (AvgIpc) is 2.98. The van der Waals surface area contributed by atoms with Gasteiger partial charge in [-0.3, -0.25) is 9.80 Å². The van der Waals surface area contributed by atoms with Crippen LogP contribution in [0, 0.1) is 5.82 Å². The van der Waals surface area contributed by atoms with E-state index in [-0.39, 0.29) is 11.9 Å². The molecular formula is C18H25FN4O. The standard InChI is InChI=1S/C18H25FN4O/c1-14-11-21(8-9-22(14)12-15(2)24)13-17-6-7-23(20-17)18-5-3-4-16(19)10-18/h3-7,10,14-15,24H,8-9,11-13H2,1-2H3/t14-,15+/m0/s1. The summed E-state index contributed by atoms with van der Waals surface area (Å²) in [5, 5.41) is 14.1. The summed E-state index contributed by atoms with van der Waals surface area (Å²) in [6.45, 7) is 8.41. The third-order valence-corrected chi connectivity index (χ3v) is 4.45. The molecule has 1 fully saturated rings. The van der Waals surface area contributed by atoms with Crippen LogP contribution in [0.1, 0.15) is 19.5 Å². The summed E-state index contributed by atoms with van der Waals surface area (Å²) >= 11 is 0. The van der Waals surface area contributed by atoms with E-state index in [0.29, 0.717) is 6.04 Å². The van der Waals surface area contributed by atoms with Crippen molar-refractivity contribution >= 4 is 0 Å². The van der Waals surface area contributed by atoms with Crippen molar-refractivity contribution < 1.29 is 9.50 Å². The van der Waals surface area contributed by atoms with E-state index < -0.39 is 0 Å². The molecule has 1 aliphatic heterocycles. The SMILES string of the molecule is C[C@@H](O)CN1CCN(Cc2ccn(-c3cccc(F)c3)n2)C[C@@H]1C. The fraction of sp³-hybridized carbons (Fsp3) is 0.500. The Hall–Kier alpha value is -1.76. The zero-order valence-corrected chi connectivity index (χ0v) is 14.3.